The molecule has 0 bridgehead atoms. The fraction of sp³-hybridized carbons (Fsp3) is 0.706. The molecule has 0 spiro atoms. The second-order valence-electron chi connectivity index (χ2n) is 7.01. The Morgan fingerprint density at radius 3 is 2.00 bits per heavy atom. The number of carbonyl (C=O) groups excluding carboxylic acids is 2. The summed E-state index contributed by atoms with van der Waals surface area (Å²) in [4.78, 5) is 44.3. The predicted molar refractivity (Wildman–Crippen MR) is 112 cm³/mol. The third kappa shape index (κ3) is 9.91. The average Bonchev–Trinajstić information content (AvgIpc) is 3.20. The molecule has 1 rings (SSSR count). The maximum atomic E-state index is 12.7. The fourth-order valence-corrected chi connectivity index (χ4v) is 2.99. The van der Waals surface area contributed by atoms with Gasteiger partial charge in [-0.15, -0.1) is 0 Å². The Bertz CT molecular complexity index is 639. The monoisotopic (exact) mass is 427 g/mol. The first-order valence-electron chi connectivity index (χ1n) is 9.88. The largest absolute Gasteiger partial charge is 0.480 e. The molecule has 0 aromatic heterocycles. The predicted octanol–water partition coefficient (Wildman–Crippen LogP) is -3.10. The van der Waals surface area contributed by atoms with Crippen LogP contribution in [0.15, 0.2) is 9.98 Å². The third-order valence-corrected chi connectivity index (χ3v) is 4.51. The lowest BCUT2D eigenvalue weighted by Gasteiger charge is -2.22. The van der Waals surface area contributed by atoms with Crippen molar-refractivity contribution in [1.82, 2.24) is 16.0 Å². The van der Waals surface area contributed by atoms with Crippen LogP contribution in [-0.4, -0.2) is 72.6 Å². The summed E-state index contributed by atoms with van der Waals surface area (Å²) in [5.41, 5.74) is 21.0. The van der Waals surface area contributed by atoms with Crippen molar-refractivity contribution < 1.29 is 19.5 Å². The van der Waals surface area contributed by atoms with E-state index in [-0.39, 0.29) is 49.8 Å². The number of amides is 2. The molecule has 30 heavy (non-hydrogen) atoms. The number of hydrogen-bond acceptors (Lipinski definition) is 6. The Labute approximate surface area is 175 Å². The van der Waals surface area contributed by atoms with E-state index in [4.69, 9.17) is 22.9 Å². The summed E-state index contributed by atoms with van der Waals surface area (Å²) in [6.07, 6.45) is 2.73. The molecule has 0 radical (unpaired) electrons. The first-order valence-corrected chi connectivity index (χ1v) is 9.88. The number of aliphatic imine (C=N–C) groups is 2. The first-order chi connectivity index (χ1) is 14.2. The van der Waals surface area contributed by atoms with Gasteiger partial charge < -0.3 is 44.0 Å². The minimum Gasteiger partial charge on any atom is -0.480 e. The molecule has 0 aromatic carbocycles. The number of nitrogens with two attached hydrogens (primary N) is 4. The summed E-state index contributed by atoms with van der Waals surface area (Å²) >= 11 is 0. The molecule has 1 fully saturated rings. The van der Waals surface area contributed by atoms with Crippen LogP contribution < -0.4 is 38.9 Å². The van der Waals surface area contributed by atoms with Crippen molar-refractivity contribution in [2.75, 3.05) is 19.6 Å². The lowest BCUT2D eigenvalue weighted by Crippen LogP contribution is -2.54. The SMILES string of the molecule is NC(N)=NCCC[C@H](NC(=O)[C@H](CCCN=C(N)N)NC(=O)[C@@H]1CCCN1)C(=O)O. The van der Waals surface area contributed by atoms with Crippen molar-refractivity contribution in [3.8, 4) is 0 Å². The van der Waals surface area contributed by atoms with Gasteiger partial charge in [-0.1, -0.05) is 0 Å². The Balaban J connectivity index is 2.71. The smallest absolute Gasteiger partial charge is 0.326 e. The molecule has 3 atom stereocenters. The van der Waals surface area contributed by atoms with Gasteiger partial charge in [0.15, 0.2) is 11.9 Å². The summed E-state index contributed by atoms with van der Waals surface area (Å²) in [6.45, 7) is 1.26. The maximum absolute atomic E-state index is 12.7. The number of guanidine groups is 2. The molecular formula is C17H33N9O4. The van der Waals surface area contributed by atoms with Gasteiger partial charge in [0.1, 0.15) is 12.1 Å². The zero-order chi connectivity index (χ0) is 22.5. The number of aliphatic carboxylic acids is 1. The highest BCUT2D eigenvalue weighted by atomic mass is 16.4. The van der Waals surface area contributed by atoms with E-state index in [9.17, 15) is 19.5 Å². The van der Waals surface area contributed by atoms with Crippen molar-refractivity contribution in [3.05, 3.63) is 0 Å². The van der Waals surface area contributed by atoms with Gasteiger partial charge in [0, 0.05) is 13.1 Å². The zero-order valence-corrected chi connectivity index (χ0v) is 17.0. The molecular weight excluding hydrogens is 394 g/mol. The van der Waals surface area contributed by atoms with Crippen LogP contribution in [0.5, 0.6) is 0 Å². The molecule has 13 nitrogen and oxygen atoms in total. The number of carboxylic acid groups (broad SMARTS) is 1. The van der Waals surface area contributed by atoms with Crippen LogP contribution in [0.3, 0.4) is 0 Å². The number of rotatable bonds is 13. The van der Waals surface area contributed by atoms with Gasteiger partial charge in [0.05, 0.1) is 6.04 Å². The zero-order valence-electron chi connectivity index (χ0n) is 17.0. The summed E-state index contributed by atoms with van der Waals surface area (Å²) in [7, 11) is 0. The molecule has 2 amide bonds. The topological polar surface area (TPSA) is 236 Å². The van der Waals surface area contributed by atoms with Crippen LogP contribution in [0.1, 0.15) is 38.5 Å². The minimum atomic E-state index is -1.18. The molecule has 0 aromatic rings. The van der Waals surface area contributed by atoms with Gasteiger partial charge in [-0.2, -0.15) is 0 Å². The van der Waals surface area contributed by atoms with Gasteiger partial charge in [0.25, 0.3) is 0 Å². The van der Waals surface area contributed by atoms with Crippen LogP contribution in [0.4, 0.5) is 0 Å². The molecule has 1 heterocycles. The molecule has 0 aliphatic carbocycles. The van der Waals surface area contributed by atoms with Crippen molar-refractivity contribution in [2.24, 2.45) is 32.9 Å². The third-order valence-electron chi connectivity index (χ3n) is 4.51. The van der Waals surface area contributed by atoms with Crippen molar-refractivity contribution in [3.63, 3.8) is 0 Å². The minimum absolute atomic E-state index is 0.0677. The fourth-order valence-electron chi connectivity index (χ4n) is 2.99. The highest BCUT2D eigenvalue weighted by Crippen LogP contribution is 2.08. The van der Waals surface area contributed by atoms with Crippen molar-refractivity contribution in [2.45, 2.75) is 56.7 Å². The Kier molecular flexibility index (Phi) is 11.0. The number of carboxylic acids is 1. The second-order valence-corrected chi connectivity index (χ2v) is 7.01. The Morgan fingerprint density at radius 2 is 1.53 bits per heavy atom. The highest BCUT2D eigenvalue weighted by molar-refractivity contribution is 5.91. The molecule has 13 heteroatoms. The quantitative estimate of drug-likeness (QED) is 0.0842. The molecule has 0 unspecified atom stereocenters. The molecule has 1 saturated heterocycles. The van der Waals surface area contributed by atoms with Crippen molar-refractivity contribution >= 4 is 29.7 Å². The van der Waals surface area contributed by atoms with Gasteiger partial charge in [-0.25, -0.2) is 4.79 Å². The van der Waals surface area contributed by atoms with Crippen molar-refractivity contribution in [1.29, 1.82) is 0 Å². The van der Waals surface area contributed by atoms with E-state index in [0.717, 1.165) is 13.0 Å². The Hall–Kier alpha value is -3.09. The van der Waals surface area contributed by atoms with E-state index >= 15 is 0 Å². The van der Waals surface area contributed by atoms with Crippen LogP contribution in [0.25, 0.3) is 0 Å². The Morgan fingerprint density at radius 1 is 0.967 bits per heavy atom. The number of hydrogen-bond donors (Lipinski definition) is 8. The molecule has 170 valence electrons. The average molecular weight is 428 g/mol. The van der Waals surface area contributed by atoms with Gasteiger partial charge in [-0.05, 0) is 45.1 Å². The van der Waals surface area contributed by atoms with Crippen LogP contribution >= 0.6 is 0 Å². The van der Waals surface area contributed by atoms with Crippen LogP contribution in [0.2, 0.25) is 0 Å². The highest BCUT2D eigenvalue weighted by Gasteiger charge is 2.29. The molecule has 1 aliphatic heterocycles. The lowest BCUT2D eigenvalue weighted by molar-refractivity contribution is -0.142. The summed E-state index contributed by atoms with van der Waals surface area (Å²) < 4.78 is 0. The summed E-state index contributed by atoms with van der Waals surface area (Å²) in [5, 5.41) is 17.6. The van der Waals surface area contributed by atoms with E-state index in [0.29, 0.717) is 19.3 Å². The molecule has 0 saturated carbocycles. The number of nitrogens with one attached hydrogen (secondary N) is 3. The van der Waals surface area contributed by atoms with Gasteiger partial charge in [-0.3, -0.25) is 19.6 Å². The van der Waals surface area contributed by atoms with E-state index in [1.807, 2.05) is 0 Å². The van der Waals surface area contributed by atoms with Gasteiger partial charge in [0.2, 0.25) is 11.8 Å². The number of nitrogens with zero attached hydrogens (tertiary/aromatic N) is 2. The maximum Gasteiger partial charge on any atom is 0.326 e. The normalized spacial score (nSPS) is 17.4. The van der Waals surface area contributed by atoms with Crippen LogP contribution in [-0.2, 0) is 14.4 Å². The lowest BCUT2D eigenvalue weighted by atomic mass is 10.1. The van der Waals surface area contributed by atoms with E-state index < -0.39 is 24.0 Å². The number of carbonyl (C=O) groups is 3. The first kappa shape index (κ1) is 24.9. The standard InChI is InChI=1S/C17H33N9O4/c18-16(19)23-8-2-5-11(25-13(27)10-4-1-7-22-10)14(28)26-12(15(29)30)6-3-9-24-17(20)21/h10-12,22H,1-9H2,(H,25,27)(H,26,28)(H,29,30)(H4,18,19,23)(H4,20,21,24)/t10-,11-,12-/m0/s1. The van der Waals surface area contributed by atoms with E-state index in [1.165, 1.54) is 0 Å². The van der Waals surface area contributed by atoms with Gasteiger partial charge >= 0.3 is 5.97 Å². The summed E-state index contributed by atoms with van der Waals surface area (Å²) in [5.74, 6) is -2.22. The molecule has 1 aliphatic rings. The second kappa shape index (κ2) is 13.2. The van der Waals surface area contributed by atoms with Crippen LogP contribution in [0, 0.1) is 0 Å². The van der Waals surface area contributed by atoms with E-state index in [1.54, 1.807) is 0 Å². The van der Waals surface area contributed by atoms with E-state index in [2.05, 4.69) is 25.9 Å². The molecule has 12 N–H and O–H groups in total. The summed E-state index contributed by atoms with van der Waals surface area (Å²) in [6, 6.07) is -2.41.